The fraction of sp³-hybridized carbons (Fsp3) is 0.778. The van der Waals surface area contributed by atoms with E-state index in [1.54, 1.807) is 6.92 Å². The molecule has 4 atom stereocenters. The maximum Gasteiger partial charge on any atom is 0.306 e. The number of ketones is 1. The molecule has 3 heteroatoms. The van der Waals surface area contributed by atoms with Crippen molar-refractivity contribution in [3.8, 4) is 0 Å². The Morgan fingerprint density at radius 2 is 1.75 bits per heavy atom. The monoisotopic (exact) mass is 168 g/mol. The predicted octanol–water partition coefficient (Wildman–Crippen LogP) is 0.932. The quantitative estimate of drug-likeness (QED) is 0.667. The van der Waals surface area contributed by atoms with Crippen LogP contribution in [-0.2, 0) is 9.59 Å². The van der Waals surface area contributed by atoms with E-state index in [1.807, 2.05) is 0 Å². The van der Waals surface area contributed by atoms with Gasteiger partial charge in [-0.25, -0.2) is 0 Å². The van der Waals surface area contributed by atoms with Crippen LogP contribution in [0, 0.1) is 23.7 Å². The molecule has 2 rings (SSSR count). The van der Waals surface area contributed by atoms with Crippen LogP contribution in [0.4, 0.5) is 0 Å². The van der Waals surface area contributed by atoms with Gasteiger partial charge < -0.3 is 5.11 Å². The minimum absolute atomic E-state index is 0.171. The van der Waals surface area contributed by atoms with Crippen LogP contribution in [0.3, 0.4) is 0 Å². The highest BCUT2D eigenvalue weighted by atomic mass is 16.4. The number of rotatable bonds is 2. The number of fused-ring (bicyclic) bond motifs is 1. The van der Waals surface area contributed by atoms with Gasteiger partial charge in [0.2, 0.25) is 0 Å². The van der Waals surface area contributed by atoms with Crippen LogP contribution in [0.15, 0.2) is 0 Å². The summed E-state index contributed by atoms with van der Waals surface area (Å²) in [5.41, 5.74) is 0. The van der Waals surface area contributed by atoms with Gasteiger partial charge >= 0.3 is 5.97 Å². The van der Waals surface area contributed by atoms with E-state index in [0.717, 1.165) is 12.8 Å². The highest BCUT2D eigenvalue weighted by Gasteiger charge is 2.59. The van der Waals surface area contributed by atoms with Gasteiger partial charge in [-0.2, -0.15) is 0 Å². The summed E-state index contributed by atoms with van der Waals surface area (Å²) in [5.74, 6) is 0.404. The lowest BCUT2D eigenvalue weighted by Gasteiger charge is -2.06. The molecule has 0 spiro atoms. The lowest BCUT2D eigenvalue weighted by Crippen LogP contribution is -2.14. The highest BCUT2D eigenvalue weighted by Crippen LogP contribution is 2.59. The van der Waals surface area contributed by atoms with Crippen LogP contribution in [0.25, 0.3) is 0 Å². The molecule has 0 saturated heterocycles. The van der Waals surface area contributed by atoms with E-state index >= 15 is 0 Å². The van der Waals surface area contributed by atoms with Crippen LogP contribution in [-0.4, -0.2) is 16.9 Å². The summed E-state index contributed by atoms with van der Waals surface area (Å²) in [6.07, 6.45) is 1.45. The molecule has 66 valence electrons. The summed E-state index contributed by atoms with van der Waals surface area (Å²) in [6, 6.07) is 0. The van der Waals surface area contributed by atoms with Crippen molar-refractivity contribution in [3.63, 3.8) is 0 Å². The first-order chi connectivity index (χ1) is 5.61. The summed E-state index contributed by atoms with van der Waals surface area (Å²) in [6.45, 7) is 1.61. The fourth-order valence-electron chi connectivity index (χ4n) is 2.65. The standard InChI is InChI=1S/C9H12O3/c1-4(10)8-6-2-5(9(11)12)3-7(6)8/h5-8H,2-3H2,1H3,(H,11,12)/t5?,6-,7+,8?. The molecular formula is C9H12O3. The third-order valence-corrected chi connectivity index (χ3v) is 3.26. The maximum atomic E-state index is 10.9. The maximum absolute atomic E-state index is 10.9. The van der Waals surface area contributed by atoms with Crippen LogP contribution >= 0.6 is 0 Å². The van der Waals surface area contributed by atoms with E-state index in [2.05, 4.69) is 0 Å². The van der Waals surface area contributed by atoms with Crippen molar-refractivity contribution in [3.05, 3.63) is 0 Å². The van der Waals surface area contributed by atoms with E-state index < -0.39 is 5.97 Å². The van der Waals surface area contributed by atoms with Gasteiger partial charge in [-0.3, -0.25) is 9.59 Å². The normalized spacial score (nSPS) is 43.8. The Morgan fingerprint density at radius 3 is 2.08 bits per heavy atom. The van der Waals surface area contributed by atoms with Crippen molar-refractivity contribution in [1.82, 2.24) is 0 Å². The average molecular weight is 168 g/mol. The molecule has 0 amide bonds. The summed E-state index contributed by atoms with van der Waals surface area (Å²) in [4.78, 5) is 21.5. The molecule has 2 aliphatic carbocycles. The van der Waals surface area contributed by atoms with E-state index in [0.29, 0.717) is 11.8 Å². The van der Waals surface area contributed by atoms with Crippen molar-refractivity contribution in [1.29, 1.82) is 0 Å². The van der Waals surface area contributed by atoms with Crippen molar-refractivity contribution >= 4 is 11.8 Å². The average Bonchev–Trinajstić information content (AvgIpc) is 2.48. The van der Waals surface area contributed by atoms with Gasteiger partial charge in [0.05, 0.1) is 5.92 Å². The third-order valence-electron chi connectivity index (χ3n) is 3.26. The minimum atomic E-state index is -0.690. The van der Waals surface area contributed by atoms with Gasteiger partial charge in [0.1, 0.15) is 5.78 Å². The number of hydrogen-bond donors (Lipinski definition) is 1. The first kappa shape index (κ1) is 7.77. The van der Waals surface area contributed by atoms with E-state index in [4.69, 9.17) is 5.11 Å². The molecule has 2 unspecified atom stereocenters. The van der Waals surface area contributed by atoms with Gasteiger partial charge in [0.15, 0.2) is 0 Å². The molecular weight excluding hydrogens is 156 g/mol. The summed E-state index contributed by atoms with van der Waals surface area (Å²) >= 11 is 0. The second kappa shape index (κ2) is 2.31. The second-order valence-corrected chi connectivity index (χ2v) is 3.97. The molecule has 2 saturated carbocycles. The fourth-order valence-corrected chi connectivity index (χ4v) is 2.65. The topological polar surface area (TPSA) is 54.4 Å². The Bertz CT molecular complexity index is 222. The van der Waals surface area contributed by atoms with E-state index in [1.165, 1.54) is 0 Å². The SMILES string of the molecule is CC(=O)C1[C@H]2CC(C(=O)O)C[C@@H]12. The zero-order valence-electron chi connectivity index (χ0n) is 6.99. The van der Waals surface area contributed by atoms with Gasteiger partial charge in [0, 0.05) is 5.92 Å². The number of hydrogen-bond acceptors (Lipinski definition) is 2. The Morgan fingerprint density at radius 1 is 1.25 bits per heavy atom. The molecule has 12 heavy (non-hydrogen) atoms. The smallest absolute Gasteiger partial charge is 0.306 e. The third kappa shape index (κ3) is 0.958. The van der Waals surface area contributed by atoms with Gasteiger partial charge in [-0.1, -0.05) is 0 Å². The lowest BCUT2D eigenvalue weighted by molar-refractivity contribution is -0.142. The molecule has 0 aromatic rings. The first-order valence-electron chi connectivity index (χ1n) is 4.34. The van der Waals surface area contributed by atoms with Crippen LogP contribution in [0.2, 0.25) is 0 Å². The van der Waals surface area contributed by atoms with Crippen LogP contribution < -0.4 is 0 Å². The number of carbonyl (C=O) groups excluding carboxylic acids is 1. The molecule has 1 N–H and O–H groups in total. The highest BCUT2D eigenvalue weighted by molar-refractivity contribution is 5.83. The first-order valence-corrected chi connectivity index (χ1v) is 4.34. The molecule has 0 aromatic heterocycles. The molecule has 0 aliphatic heterocycles. The van der Waals surface area contributed by atoms with Crippen LogP contribution in [0.1, 0.15) is 19.8 Å². The second-order valence-electron chi connectivity index (χ2n) is 3.97. The molecule has 0 bridgehead atoms. The molecule has 0 heterocycles. The minimum Gasteiger partial charge on any atom is -0.481 e. The molecule has 3 nitrogen and oxygen atoms in total. The van der Waals surface area contributed by atoms with E-state index in [9.17, 15) is 9.59 Å². The van der Waals surface area contributed by atoms with Gasteiger partial charge in [-0.05, 0) is 31.6 Å². The summed E-state index contributed by atoms with van der Waals surface area (Å²) in [5, 5.41) is 8.69. The molecule has 2 fully saturated rings. The van der Waals surface area contributed by atoms with E-state index in [-0.39, 0.29) is 17.6 Å². The number of carboxylic acid groups (broad SMARTS) is 1. The van der Waals surface area contributed by atoms with Gasteiger partial charge in [-0.15, -0.1) is 0 Å². The predicted molar refractivity (Wildman–Crippen MR) is 41.5 cm³/mol. The summed E-state index contributed by atoms with van der Waals surface area (Å²) < 4.78 is 0. The number of carboxylic acids is 1. The Hall–Kier alpha value is -0.860. The summed E-state index contributed by atoms with van der Waals surface area (Å²) in [7, 11) is 0. The lowest BCUT2D eigenvalue weighted by atomic mass is 9.99. The van der Waals surface area contributed by atoms with Gasteiger partial charge in [0.25, 0.3) is 0 Å². The molecule has 0 radical (unpaired) electrons. The Labute approximate surface area is 70.8 Å². The van der Waals surface area contributed by atoms with Crippen molar-refractivity contribution in [2.45, 2.75) is 19.8 Å². The largest absolute Gasteiger partial charge is 0.481 e. The van der Waals surface area contributed by atoms with Crippen LogP contribution in [0.5, 0.6) is 0 Å². The van der Waals surface area contributed by atoms with Crippen molar-refractivity contribution in [2.75, 3.05) is 0 Å². The van der Waals surface area contributed by atoms with Crippen molar-refractivity contribution in [2.24, 2.45) is 23.7 Å². The van der Waals surface area contributed by atoms with Crippen molar-refractivity contribution < 1.29 is 14.7 Å². The molecule has 0 aromatic carbocycles. The number of Topliss-reactive ketones (excluding diaryl/α,β-unsaturated/α-hetero) is 1. The Balaban J connectivity index is 1.94. The zero-order valence-corrected chi connectivity index (χ0v) is 6.99. The molecule has 2 aliphatic rings. The zero-order chi connectivity index (χ0) is 8.88. The Kier molecular flexibility index (Phi) is 1.50. The number of aliphatic carboxylic acids is 1. The number of carbonyl (C=O) groups is 2.